The molecule has 0 aliphatic rings. The molecule has 4 amide bonds. The first-order chi connectivity index (χ1) is 7.99. The highest BCUT2D eigenvalue weighted by atomic mass is 35.5. The quantitative estimate of drug-likeness (QED) is 0.675. The second-order valence-corrected chi connectivity index (χ2v) is 4.06. The number of halogens is 1. The maximum Gasteiger partial charge on any atom is 0.332 e. The molecule has 1 aromatic carbocycles. The molecule has 0 fully saturated rings. The summed E-state index contributed by atoms with van der Waals surface area (Å²) in [6, 6.07) is 5.14. The van der Waals surface area contributed by atoms with Gasteiger partial charge in [-0.2, -0.15) is 0 Å². The van der Waals surface area contributed by atoms with E-state index in [-0.39, 0.29) is 5.56 Å². The number of nitrogens with one attached hydrogen (secondary N) is 2. The van der Waals surface area contributed by atoms with Gasteiger partial charge in [-0.3, -0.25) is 19.6 Å². The van der Waals surface area contributed by atoms with Crippen molar-refractivity contribution < 1.29 is 14.4 Å². The van der Waals surface area contributed by atoms with Crippen LogP contribution in [0.25, 0.3) is 0 Å². The second-order valence-electron chi connectivity index (χ2n) is 2.81. The standard InChI is InChI=1S/C9H8ClN3O3S/c10-6-3-1-5(2-4-6)7(14)12-9(16)13-17-8(11)15/h1-4H,(H2,11,15)(H2,12,13,14,16). The first-order valence-electron chi connectivity index (χ1n) is 4.32. The molecule has 6 nitrogen and oxygen atoms in total. The lowest BCUT2D eigenvalue weighted by Crippen LogP contribution is -2.37. The predicted octanol–water partition coefficient (Wildman–Crippen LogP) is 1.51. The maximum absolute atomic E-state index is 11.5. The van der Waals surface area contributed by atoms with Gasteiger partial charge in [-0.15, -0.1) is 0 Å². The van der Waals surface area contributed by atoms with Crippen molar-refractivity contribution in [2.75, 3.05) is 0 Å². The molecule has 0 bridgehead atoms. The van der Waals surface area contributed by atoms with Crippen LogP contribution >= 0.6 is 23.5 Å². The molecule has 0 saturated carbocycles. The minimum Gasteiger partial charge on any atom is -0.359 e. The minimum atomic E-state index is -0.825. The topological polar surface area (TPSA) is 101 Å². The Morgan fingerprint density at radius 2 is 1.76 bits per heavy atom. The smallest absolute Gasteiger partial charge is 0.332 e. The maximum atomic E-state index is 11.5. The molecule has 4 N–H and O–H groups in total. The van der Waals surface area contributed by atoms with Crippen molar-refractivity contribution in [3.05, 3.63) is 34.9 Å². The van der Waals surface area contributed by atoms with Crippen molar-refractivity contribution in [2.24, 2.45) is 5.73 Å². The third-order valence-electron chi connectivity index (χ3n) is 1.58. The van der Waals surface area contributed by atoms with Gasteiger partial charge in [0.25, 0.3) is 11.1 Å². The summed E-state index contributed by atoms with van der Waals surface area (Å²) in [5.74, 6) is -0.607. The number of carbonyl (C=O) groups excluding carboxylic acids is 3. The van der Waals surface area contributed by atoms with Gasteiger partial charge >= 0.3 is 6.03 Å². The number of primary amides is 1. The van der Waals surface area contributed by atoms with Gasteiger partial charge < -0.3 is 5.73 Å². The number of rotatable bonds is 1. The molecule has 0 spiro atoms. The molecule has 0 radical (unpaired) electrons. The molecular weight excluding hydrogens is 266 g/mol. The molecule has 0 unspecified atom stereocenters. The molecule has 17 heavy (non-hydrogen) atoms. The Kier molecular flexibility index (Phi) is 4.80. The highest BCUT2D eigenvalue weighted by molar-refractivity contribution is 8.12. The number of amides is 4. The van der Waals surface area contributed by atoms with Crippen molar-refractivity contribution in [3.63, 3.8) is 0 Å². The number of hydrogen-bond donors (Lipinski definition) is 3. The fourth-order valence-corrected chi connectivity index (χ4v) is 1.27. The van der Waals surface area contributed by atoms with Crippen molar-refractivity contribution in [2.45, 2.75) is 0 Å². The van der Waals surface area contributed by atoms with E-state index in [1.807, 2.05) is 10.0 Å². The fourth-order valence-electron chi connectivity index (χ4n) is 0.899. The van der Waals surface area contributed by atoms with Crippen LogP contribution in [0.4, 0.5) is 9.59 Å². The zero-order chi connectivity index (χ0) is 12.8. The molecular formula is C9H8ClN3O3S. The lowest BCUT2D eigenvalue weighted by molar-refractivity contribution is 0.0965. The highest BCUT2D eigenvalue weighted by Gasteiger charge is 2.10. The van der Waals surface area contributed by atoms with E-state index in [1.54, 1.807) is 0 Å². The number of carbonyl (C=O) groups is 3. The molecule has 1 aromatic rings. The molecule has 1 rings (SSSR count). The molecule has 0 aliphatic heterocycles. The Morgan fingerprint density at radius 3 is 2.29 bits per heavy atom. The first-order valence-corrected chi connectivity index (χ1v) is 5.51. The third-order valence-corrected chi connectivity index (χ3v) is 2.32. The van der Waals surface area contributed by atoms with Crippen LogP contribution in [0.15, 0.2) is 24.3 Å². The number of benzene rings is 1. The molecule has 0 aromatic heterocycles. The van der Waals surface area contributed by atoms with Gasteiger partial charge in [0, 0.05) is 10.6 Å². The lowest BCUT2D eigenvalue weighted by Gasteiger charge is -2.04. The molecule has 0 aliphatic carbocycles. The van der Waals surface area contributed by atoms with Gasteiger partial charge in [0.1, 0.15) is 0 Å². The summed E-state index contributed by atoms with van der Waals surface area (Å²) in [4.78, 5) is 32.9. The van der Waals surface area contributed by atoms with Gasteiger partial charge in [-0.05, 0) is 24.3 Å². The second kappa shape index (κ2) is 6.12. The Morgan fingerprint density at radius 1 is 1.18 bits per heavy atom. The monoisotopic (exact) mass is 273 g/mol. The number of imide groups is 1. The van der Waals surface area contributed by atoms with E-state index in [4.69, 9.17) is 17.3 Å². The molecule has 0 atom stereocenters. The third kappa shape index (κ3) is 4.75. The van der Waals surface area contributed by atoms with Crippen LogP contribution < -0.4 is 15.8 Å². The summed E-state index contributed by atoms with van der Waals surface area (Å²) in [5, 5.41) is 1.71. The van der Waals surface area contributed by atoms with E-state index in [0.717, 1.165) is 0 Å². The summed E-state index contributed by atoms with van der Waals surface area (Å²) in [6.07, 6.45) is 0. The summed E-state index contributed by atoms with van der Waals surface area (Å²) < 4.78 is 2.04. The summed E-state index contributed by atoms with van der Waals surface area (Å²) in [6.45, 7) is 0. The Labute approximate surface area is 106 Å². The largest absolute Gasteiger partial charge is 0.359 e. The Bertz CT molecular complexity index is 449. The number of hydrogen-bond acceptors (Lipinski definition) is 4. The van der Waals surface area contributed by atoms with Crippen LogP contribution in [0.2, 0.25) is 5.02 Å². The first kappa shape index (κ1) is 13.3. The van der Waals surface area contributed by atoms with Crippen molar-refractivity contribution in [1.29, 1.82) is 0 Å². The van der Waals surface area contributed by atoms with Crippen LogP contribution in [-0.2, 0) is 0 Å². The van der Waals surface area contributed by atoms with Crippen LogP contribution in [-0.4, -0.2) is 17.2 Å². The van der Waals surface area contributed by atoms with Crippen molar-refractivity contribution >= 4 is 40.7 Å². The zero-order valence-corrected chi connectivity index (χ0v) is 9.97. The van der Waals surface area contributed by atoms with E-state index in [1.165, 1.54) is 24.3 Å². The van der Waals surface area contributed by atoms with Crippen LogP contribution in [0.3, 0.4) is 0 Å². The fraction of sp³-hybridized carbons (Fsp3) is 0. The van der Waals surface area contributed by atoms with E-state index in [2.05, 4.69) is 0 Å². The molecule has 8 heteroatoms. The average Bonchev–Trinajstić information content (AvgIpc) is 2.27. The minimum absolute atomic E-state index is 0.272. The zero-order valence-electron chi connectivity index (χ0n) is 8.40. The van der Waals surface area contributed by atoms with E-state index < -0.39 is 17.2 Å². The summed E-state index contributed by atoms with van der Waals surface area (Å²) in [7, 11) is 0. The SMILES string of the molecule is NC(=O)SNC(=O)NC(=O)c1ccc(Cl)cc1. The Balaban J connectivity index is 2.51. The van der Waals surface area contributed by atoms with Gasteiger partial charge in [-0.1, -0.05) is 11.6 Å². The average molecular weight is 274 g/mol. The lowest BCUT2D eigenvalue weighted by atomic mass is 10.2. The molecule has 0 heterocycles. The Hall–Kier alpha value is -1.73. The summed E-state index contributed by atoms with van der Waals surface area (Å²) in [5.41, 5.74) is 5.05. The van der Waals surface area contributed by atoms with Gasteiger partial charge in [0.15, 0.2) is 0 Å². The van der Waals surface area contributed by atoms with E-state index in [0.29, 0.717) is 17.0 Å². The van der Waals surface area contributed by atoms with E-state index >= 15 is 0 Å². The number of urea groups is 1. The molecule has 0 saturated heterocycles. The predicted molar refractivity (Wildman–Crippen MR) is 64.6 cm³/mol. The highest BCUT2D eigenvalue weighted by Crippen LogP contribution is 2.09. The van der Waals surface area contributed by atoms with Crippen molar-refractivity contribution in [3.8, 4) is 0 Å². The van der Waals surface area contributed by atoms with Gasteiger partial charge in [0.2, 0.25) is 0 Å². The van der Waals surface area contributed by atoms with Crippen LogP contribution in [0.1, 0.15) is 10.4 Å². The normalized spacial score (nSPS) is 9.47. The van der Waals surface area contributed by atoms with Crippen molar-refractivity contribution in [1.82, 2.24) is 10.0 Å². The van der Waals surface area contributed by atoms with Crippen LogP contribution in [0.5, 0.6) is 0 Å². The summed E-state index contributed by atoms with van der Waals surface area (Å²) >= 11 is 6.02. The van der Waals surface area contributed by atoms with Gasteiger partial charge in [-0.25, -0.2) is 4.79 Å². The van der Waals surface area contributed by atoms with Gasteiger partial charge in [0.05, 0.1) is 11.9 Å². The van der Waals surface area contributed by atoms with E-state index in [9.17, 15) is 14.4 Å². The number of nitrogens with two attached hydrogens (primary N) is 1. The molecule has 90 valence electrons. The van der Waals surface area contributed by atoms with Crippen LogP contribution in [0, 0.1) is 0 Å².